The largest absolute Gasteiger partial charge is 0.459 e. The number of methoxy groups -OCH3 is 2. The molecule has 4 N–H and O–H groups in total. The first-order valence-electron chi connectivity index (χ1n) is 17.7. The summed E-state index contributed by atoms with van der Waals surface area (Å²) in [6.45, 7) is 12.2. The van der Waals surface area contributed by atoms with E-state index in [9.17, 15) is 30.0 Å². The number of fused-ring (bicyclic) bond motifs is 1. The molecular weight excluding hydrogens is 656 g/mol. The van der Waals surface area contributed by atoms with Gasteiger partial charge in [-0.3, -0.25) is 4.79 Å². The van der Waals surface area contributed by atoms with Gasteiger partial charge >= 0.3 is 5.97 Å². The molecule has 0 saturated carbocycles. The Morgan fingerprint density at radius 3 is 2.22 bits per heavy atom. The molecule has 4 aliphatic rings. The van der Waals surface area contributed by atoms with Gasteiger partial charge in [-0.15, -0.1) is 0 Å². The zero-order valence-corrected chi connectivity index (χ0v) is 30.6. The Kier molecular flexibility index (Phi) is 14.2. The lowest BCUT2D eigenvalue weighted by Crippen LogP contribution is -2.63. The molecule has 0 radical (unpaired) electrons. The normalized spacial score (nSPS) is 48.3. The minimum atomic E-state index is -1.85. The molecule has 0 amide bonds. The molecule has 0 aliphatic carbocycles. The number of esters is 1. The Morgan fingerprint density at radius 1 is 0.900 bits per heavy atom. The van der Waals surface area contributed by atoms with Crippen molar-refractivity contribution in [3.8, 4) is 0 Å². The summed E-state index contributed by atoms with van der Waals surface area (Å²) < 4.78 is 47.2. The molecule has 18 atom stereocenters. The van der Waals surface area contributed by atoms with Crippen molar-refractivity contribution in [2.45, 2.75) is 147 Å². The van der Waals surface area contributed by atoms with Crippen molar-refractivity contribution in [3.05, 3.63) is 24.3 Å². The third-order valence-electron chi connectivity index (χ3n) is 10.7. The first-order valence-corrected chi connectivity index (χ1v) is 17.7. The van der Waals surface area contributed by atoms with Crippen LogP contribution in [0.2, 0.25) is 0 Å². The van der Waals surface area contributed by atoms with Gasteiger partial charge in [0.2, 0.25) is 0 Å². The number of aliphatic hydroxyl groups excluding tert-OH is 3. The zero-order chi connectivity index (χ0) is 37.1. The number of carbonyl (C=O) groups is 2. The number of aliphatic hydroxyl groups is 4. The number of carbonyl (C=O) groups excluding carboxylic acids is 2. The number of allylic oxidation sites excluding steroid dienone is 1. The zero-order valence-electron chi connectivity index (χ0n) is 30.6. The molecule has 0 aromatic heterocycles. The highest BCUT2D eigenvalue weighted by atomic mass is 16.7. The van der Waals surface area contributed by atoms with Crippen molar-refractivity contribution in [3.63, 3.8) is 0 Å². The van der Waals surface area contributed by atoms with Crippen LogP contribution in [0.1, 0.15) is 61.3 Å². The van der Waals surface area contributed by atoms with E-state index in [2.05, 4.69) is 0 Å². The molecule has 3 unspecified atom stereocenters. The fourth-order valence-electron chi connectivity index (χ4n) is 7.41. The molecule has 0 aromatic carbocycles. The van der Waals surface area contributed by atoms with Crippen LogP contribution in [0.4, 0.5) is 0 Å². The van der Waals surface area contributed by atoms with Crippen LogP contribution >= 0.6 is 0 Å². The maximum atomic E-state index is 13.3. The van der Waals surface area contributed by atoms with Crippen molar-refractivity contribution >= 4 is 11.8 Å². The highest BCUT2D eigenvalue weighted by molar-refractivity contribution is 5.91. The maximum Gasteiger partial charge on any atom is 0.330 e. The van der Waals surface area contributed by atoms with E-state index < -0.39 is 109 Å². The van der Waals surface area contributed by atoms with E-state index in [1.165, 1.54) is 33.3 Å². The van der Waals surface area contributed by atoms with Gasteiger partial charge in [-0.05, 0) is 52.2 Å². The number of epoxide rings is 1. The molecule has 0 bridgehead atoms. The van der Waals surface area contributed by atoms with Gasteiger partial charge in [0.15, 0.2) is 18.4 Å². The Labute approximate surface area is 295 Å². The standard InChI is InChI=1S/C36H58O14/c1-17-10-13-27(39)47-21(5)24(16-45-34-32(44-9)31(43-8)28(40)22(6)48-34)30-26(49-30)12-11-25(38)18(2)14-19(3)29(17)50-35-33(41)36(42,23(7)37)15-20(4)46-35/h10-13,17-24,26,28-35,37,40-42H,14-16H2,1-9H3/b12-11+,13-10+/t17-,18+,19-,20+,21+,22+,23-,24?,26?,28+,29+,30?,31+,32+,33-,34+,35-,36-/m0/s1. The molecule has 4 aliphatic heterocycles. The molecule has 0 spiro atoms. The summed E-state index contributed by atoms with van der Waals surface area (Å²) in [6.07, 6.45) is -3.96. The second-order valence-corrected chi connectivity index (χ2v) is 14.6. The number of hydrogen-bond donors (Lipinski definition) is 4. The van der Waals surface area contributed by atoms with E-state index in [0.29, 0.717) is 6.42 Å². The molecule has 0 aromatic rings. The molecule has 3 saturated heterocycles. The van der Waals surface area contributed by atoms with Crippen LogP contribution in [0.25, 0.3) is 0 Å². The van der Waals surface area contributed by atoms with Crippen molar-refractivity contribution in [1.82, 2.24) is 0 Å². The monoisotopic (exact) mass is 714 g/mol. The van der Waals surface area contributed by atoms with Crippen LogP contribution < -0.4 is 0 Å². The number of ketones is 1. The van der Waals surface area contributed by atoms with Gasteiger partial charge in [0, 0.05) is 44.5 Å². The fraction of sp³-hybridized carbons (Fsp3) is 0.833. The molecule has 4 rings (SSSR count). The van der Waals surface area contributed by atoms with Crippen LogP contribution in [0.3, 0.4) is 0 Å². The molecule has 50 heavy (non-hydrogen) atoms. The predicted octanol–water partition coefficient (Wildman–Crippen LogP) is 1.44. The van der Waals surface area contributed by atoms with Gasteiger partial charge in [0.25, 0.3) is 0 Å². The van der Waals surface area contributed by atoms with Gasteiger partial charge in [0.1, 0.15) is 42.2 Å². The molecule has 14 heteroatoms. The van der Waals surface area contributed by atoms with E-state index in [1.807, 2.05) is 20.8 Å². The number of hydrogen-bond acceptors (Lipinski definition) is 14. The smallest absolute Gasteiger partial charge is 0.330 e. The highest BCUT2D eigenvalue weighted by Gasteiger charge is 2.52. The molecule has 4 heterocycles. The van der Waals surface area contributed by atoms with Gasteiger partial charge in [-0.1, -0.05) is 26.8 Å². The Balaban J connectivity index is 1.54. The Bertz CT molecular complexity index is 1190. The van der Waals surface area contributed by atoms with E-state index in [4.69, 9.17) is 37.9 Å². The number of rotatable bonds is 8. The first-order chi connectivity index (χ1) is 23.5. The summed E-state index contributed by atoms with van der Waals surface area (Å²) in [7, 11) is 2.95. The summed E-state index contributed by atoms with van der Waals surface area (Å²) in [4.78, 5) is 26.5. The van der Waals surface area contributed by atoms with E-state index in [-0.39, 0.29) is 24.7 Å². The quantitative estimate of drug-likeness (QED) is 0.209. The number of ether oxygens (including phenoxy) is 8. The summed E-state index contributed by atoms with van der Waals surface area (Å²) in [6, 6.07) is 0. The Hall–Kier alpha value is -1.82. The number of cyclic esters (lactones) is 1. The van der Waals surface area contributed by atoms with Crippen LogP contribution in [-0.4, -0.2) is 138 Å². The lowest BCUT2D eigenvalue weighted by atomic mass is 9.82. The van der Waals surface area contributed by atoms with Crippen LogP contribution in [0.15, 0.2) is 24.3 Å². The Morgan fingerprint density at radius 2 is 1.58 bits per heavy atom. The third kappa shape index (κ3) is 9.39. The fourth-order valence-corrected chi connectivity index (χ4v) is 7.41. The lowest BCUT2D eigenvalue weighted by molar-refractivity contribution is -0.322. The average molecular weight is 715 g/mol. The second-order valence-electron chi connectivity index (χ2n) is 14.6. The topological polar surface area (TPSA) is 192 Å². The molecule has 286 valence electrons. The molecule has 3 fully saturated rings. The van der Waals surface area contributed by atoms with Crippen LogP contribution in [-0.2, 0) is 47.5 Å². The van der Waals surface area contributed by atoms with E-state index in [1.54, 1.807) is 32.9 Å². The van der Waals surface area contributed by atoms with E-state index in [0.717, 1.165) is 0 Å². The van der Waals surface area contributed by atoms with Crippen LogP contribution in [0.5, 0.6) is 0 Å². The summed E-state index contributed by atoms with van der Waals surface area (Å²) in [5, 5.41) is 43.0. The minimum absolute atomic E-state index is 0.0113. The third-order valence-corrected chi connectivity index (χ3v) is 10.7. The van der Waals surface area contributed by atoms with Crippen molar-refractivity contribution in [2.24, 2.45) is 23.7 Å². The van der Waals surface area contributed by atoms with Crippen molar-refractivity contribution in [2.75, 3.05) is 20.8 Å². The molecule has 14 nitrogen and oxygen atoms in total. The van der Waals surface area contributed by atoms with Gasteiger partial charge in [-0.25, -0.2) is 4.79 Å². The van der Waals surface area contributed by atoms with Crippen molar-refractivity contribution in [1.29, 1.82) is 0 Å². The maximum absolute atomic E-state index is 13.3. The highest BCUT2D eigenvalue weighted by Crippen LogP contribution is 2.38. The molecular formula is C36H58O14. The van der Waals surface area contributed by atoms with Gasteiger partial charge in [-0.2, -0.15) is 0 Å². The first kappa shape index (κ1) is 40.9. The van der Waals surface area contributed by atoms with Gasteiger partial charge in [0.05, 0.1) is 37.1 Å². The lowest BCUT2D eigenvalue weighted by Gasteiger charge is -2.47. The average Bonchev–Trinajstić information content (AvgIpc) is 3.83. The van der Waals surface area contributed by atoms with Crippen molar-refractivity contribution < 1.29 is 67.9 Å². The SMILES string of the molecule is CO[C@@H]1[C@H](O)[C@@H](C)O[C@@H](OCC2C3OC3/C=C/C(=O)[C@H](C)C[C@H](C)[C@H](O[C@@H]3O[C@H](C)C[C@](O)([C@H](C)O)[C@H]3O)[C@@H](C)/C=C/C(=O)O[C@@H]2C)[C@@H]1OC. The van der Waals surface area contributed by atoms with Gasteiger partial charge < -0.3 is 58.3 Å². The minimum Gasteiger partial charge on any atom is -0.459 e. The second kappa shape index (κ2) is 17.3. The van der Waals surface area contributed by atoms with Crippen LogP contribution in [0, 0.1) is 23.7 Å². The summed E-state index contributed by atoms with van der Waals surface area (Å²) >= 11 is 0. The predicted molar refractivity (Wildman–Crippen MR) is 177 cm³/mol. The van der Waals surface area contributed by atoms with E-state index >= 15 is 0 Å². The summed E-state index contributed by atoms with van der Waals surface area (Å²) in [5.74, 6) is -2.25. The summed E-state index contributed by atoms with van der Waals surface area (Å²) in [5.41, 5.74) is -1.85.